The van der Waals surface area contributed by atoms with Crippen LogP contribution >= 0.6 is 0 Å². The van der Waals surface area contributed by atoms with Gasteiger partial charge in [0.15, 0.2) is 5.75 Å². The first-order valence-corrected chi connectivity index (χ1v) is 7.95. The summed E-state index contributed by atoms with van der Waals surface area (Å²) in [7, 11) is 0. The minimum absolute atomic E-state index is 0.579. The summed E-state index contributed by atoms with van der Waals surface area (Å²) in [6.07, 6.45) is 5.19. The van der Waals surface area contributed by atoms with Crippen molar-refractivity contribution in [1.82, 2.24) is 0 Å². The molecule has 0 saturated heterocycles. The first kappa shape index (κ1) is 14.0. The molecular formula is C19H23NO. The fourth-order valence-electron chi connectivity index (χ4n) is 3.21. The SMILES string of the molecule is CCC1CCCC1Nc1ccccc1Oc1ccccc1. The molecule has 110 valence electrons. The lowest BCUT2D eigenvalue weighted by atomic mass is 10.0. The standard InChI is InChI=1S/C19H23NO/c1-2-15-9-8-13-17(15)20-18-12-6-7-14-19(18)21-16-10-4-3-5-11-16/h3-7,10-12,14-15,17,20H,2,8-9,13H2,1H3. The van der Waals surface area contributed by atoms with Crippen molar-refractivity contribution >= 4 is 5.69 Å². The van der Waals surface area contributed by atoms with E-state index in [9.17, 15) is 0 Å². The number of rotatable bonds is 5. The van der Waals surface area contributed by atoms with Gasteiger partial charge < -0.3 is 10.1 Å². The normalized spacial score (nSPS) is 21.2. The third kappa shape index (κ3) is 3.38. The second-order valence-corrected chi connectivity index (χ2v) is 5.76. The van der Waals surface area contributed by atoms with Crippen molar-refractivity contribution in [3.8, 4) is 11.5 Å². The molecule has 2 atom stereocenters. The van der Waals surface area contributed by atoms with Crippen LogP contribution in [0.1, 0.15) is 32.6 Å². The molecule has 1 N–H and O–H groups in total. The molecule has 1 aliphatic rings. The molecule has 0 spiro atoms. The molecule has 21 heavy (non-hydrogen) atoms. The van der Waals surface area contributed by atoms with Gasteiger partial charge in [0.1, 0.15) is 5.75 Å². The highest BCUT2D eigenvalue weighted by atomic mass is 16.5. The molecule has 1 fully saturated rings. The van der Waals surface area contributed by atoms with Crippen LogP contribution in [0.2, 0.25) is 0 Å². The van der Waals surface area contributed by atoms with E-state index < -0.39 is 0 Å². The van der Waals surface area contributed by atoms with E-state index in [4.69, 9.17) is 4.74 Å². The number of benzene rings is 2. The van der Waals surface area contributed by atoms with E-state index in [2.05, 4.69) is 24.4 Å². The van der Waals surface area contributed by atoms with Gasteiger partial charge in [0.05, 0.1) is 5.69 Å². The van der Waals surface area contributed by atoms with E-state index in [0.29, 0.717) is 6.04 Å². The summed E-state index contributed by atoms with van der Waals surface area (Å²) in [5.41, 5.74) is 1.10. The molecule has 2 heteroatoms. The molecule has 3 rings (SSSR count). The van der Waals surface area contributed by atoms with Gasteiger partial charge in [-0.3, -0.25) is 0 Å². The Morgan fingerprint density at radius 1 is 1.00 bits per heavy atom. The van der Waals surface area contributed by atoms with Crippen molar-refractivity contribution in [2.24, 2.45) is 5.92 Å². The zero-order valence-corrected chi connectivity index (χ0v) is 12.6. The molecule has 2 unspecified atom stereocenters. The zero-order valence-electron chi connectivity index (χ0n) is 12.6. The number of hydrogen-bond acceptors (Lipinski definition) is 2. The van der Waals surface area contributed by atoms with E-state index in [1.165, 1.54) is 25.7 Å². The summed E-state index contributed by atoms with van der Waals surface area (Å²) in [6, 6.07) is 18.8. The van der Waals surface area contributed by atoms with Crippen molar-refractivity contribution < 1.29 is 4.74 Å². The molecule has 0 heterocycles. The summed E-state index contributed by atoms with van der Waals surface area (Å²) in [4.78, 5) is 0. The van der Waals surface area contributed by atoms with E-state index >= 15 is 0 Å². The van der Waals surface area contributed by atoms with Crippen molar-refractivity contribution in [2.75, 3.05) is 5.32 Å². The van der Waals surface area contributed by atoms with Gasteiger partial charge in [-0.05, 0) is 43.0 Å². The Morgan fingerprint density at radius 2 is 1.76 bits per heavy atom. The van der Waals surface area contributed by atoms with Crippen molar-refractivity contribution in [2.45, 2.75) is 38.6 Å². The third-order valence-corrected chi connectivity index (χ3v) is 4.38. The number of para-hydroxylation sites is 3. The topological polar surface area (TPSA) is 21.3 Å². The van der Waals surface area contributed by atoms with Crippen molar-refractivity contribution in [3.05, 3.63) is 54.6 Å². The van der Waals surface area contributed by atoms with Crippen LogP contribution in [0.3, 0.4) is 0 Å². The molecule has 1 saturated carbocycles. The largest absolute Gasteiger partial charge is 0.455 e. The van der Waals surface area contributed by atoms with Gasteiger partial charge in [-0.25, -0.2) is 0 Å². The van der Waals surface area contributed by atoms with Gasteiger partial charge in [-0.15, -0.1) is 0 Å². The minimum atomic E-state index is 0.579. The first-order chi connectivity index (χ1) is 10.4. The number of nitrogens with one attached hydrogen (secondary N) is 1. The summed E-state index contributed by atoms with van der Waals surface area (Å²) in [5, 5.41) is 3.71. The van der Waals surface area contributed by atoms with Crippen LogP contribution in [0.5, 0.6) is 11.5 Å². The maximum Gasteiger partial charge on any atom is 0.150 e. The summed E-state index contributed by atoms with van der Waals surface area (Å²) >= 11 is 0. The molecule has 1 aliphatic carbocycles. The number of hydrogen-bond donors (Lipinski definition) is 1. The quantitative estimate of drug-likeness (QED) is 0.784. The number of anilines is 1. The van der Waals surface area contributed by atoms with Gasteiger partial charge in [-0.1, -0.05) is 50.1 Å². The van der Waals surface area contributed by atoms with Gasteiger partial charge >= 0.3 is 0 Å². The third-order valence-electron chi connectivity index (χ3n) is 4.38. The van der Waals surface area contributed by atoms with E-state index in [-0.39, 0.29) is 0 Å². The highest BCUT2D eigenvalue weighted by molar-refractivity contribution is 5.58. The zero-order chi connectivity index (χ0) is 14.5. The Morgan fingerprint density at radius 3 is 2.57 bits per heavy atom. The van der Waals surface area contributed by atoms with Crippen LogP contribution in [0.15, 0.2) is 54.6 Å². The average molecular weight is 281 g/mol. The summed E-state index contributed by atoms with van der Waals surface area (Å²) in [6.45, 7) is 2.29. The highest BCUT2D eigenvalue weighted by Crippen LogP contribution is 2.35. The lowest BCUT2D eigenvalue weighted by molar-refractivity contribution is 0.472. The minimum Gasteiger partial charge on any atom is -0.455 e. The molecule has 0 amide bonds. The second kappa shape index (κ2) is 6.66. The second-order valence-electron chi connectivity index (χ2n) is 5.76. The van der Waals surface area contributed by atoms with Crippen molar-refractivity contribution in [1.29, 1.82) is 0 Å². The van der Waals surface area contributed by atoms with E-state index in [0.717, 1.165) is 23.1 Å². The smallest absolute Gasteiger partial charge is 0.150 e. The first-order valence-electron chi connectivity index (χ1n) is 7.95. The lowest BCUT2D eigenvalue weighted by Gasteiger charge is -2.22. The van der Waals surface area contributed by atoms with Crippen molar-refractivity contribution in [3.63, 3.8) is 0 Å². The molecular weight excluding hydrogens is 258 g/mol. The van der Waals surface area contributed by atoms with Gasteiger partial charge in [0.2, 0.25) is 0 Å². The van der Waals surface area contributed by atoms with Crippen LogP contribution in [-0.4, -0.2) is 6.04 Å². The van der Waals surface area contributed by atoms with Crippen LogP contribution in [0, 0.1) is 5.92 Å². The van der Waals surface area contributed by atoms with Gasteiger partial charge in [0.25, 0.3) is 0 Å². The Bertz CT molecular complexity index is 567. The Labute approximate surface area is 127 Å². The number of ether oxygens (including phenoxy) is 1. The van der Waals surface area contributed by atoms with Crippen LogP contribution < -0.4 is 10.1 Å². The molecule has 2 aromatic rings. The monoisotopic (exact) mass is 281 g/mol. The summed E-state index contributed by atoms with van der Waals surface area (Å²) in [5.74, 6) is 2.57. The Balaban J connectivity index is 1.76. The molecule has 2 nitrogen and oxygen atoms in total. The predicted octanol–water partition coefficient (Wildman–Crippen LogP) is 5.47. The fraction of sp³-hybridized carbons (Fsp3) is 0.368. The summed E-state index contributed by atoms with van der Waals surface area (Å²) < 4.78 is 6.03. The maximum atomic E-state index is 6.03. The lowest BCUT2D eigenvalue weighted by Crippen LogP contribution is -2.23. The van der Waals surface area contributed by atoms with E-state index in [1.54, 1.807) is 0 Å². The molecule has 2 aromatic carbocycles. The van der Waals surface area contributed by atoms with Gasteiger partial charge in [0, 0.05) is 6.04 Å². The predicted molar refractivity (Wildman–Crippen MR) is 88.0 cm³/mol. The molecule has 0 radical (unpaired) electrons. The van der Waals surface area contributed by atoms with E-state index in [1.807, 2.05) is 42.5 Å². The molecule has 0 aromatic heterocycles. The van der Waals surface area contributed by atoms with Crippen LogP contribution in [0.4, 0.5) is 5.69 Å². The Hall–Kier alpha value is -1.96. The van der Waals surface area contributed by atoms with Crippen LogP contribution in [-0.2, 0) is 0 Å². The van der Waals surface area contributed by atoms with Gasteiger partial charge in [-0.2, -0.15) is 0 Å². The Kier molecular flexibility index (Phi) is 4.44. The molecule has 0 aliphatic heterocycles. The highest BCUT2D eigenvalue weighted by Gasteiger charge is 2.26. The van der Waals surface area contributed by atoms with Crippen LogP contribution in [0.25, 0.3) is 0 Å². The maximum absolute atomic E-state index is 6.03. The average Bonchev–Trinajstić information content (AvgIpc) is 2.97. The fourth-order valence-corrected chi connectivity index (χ4v) is 3.21. The molecule has 0 bridgehead atoms.